The van der Waals surface area contributed by atoms with Gasteiger partial charge >= 0.3 is 6.36 Å². The first kappa shape index (κ1) is 24.5. The molecule has 1 aromatic carbocycles. The van der Waals surface area contributed by atoms with Crippen molar-refractivity contribution in [3.8, 4) is 5.75 Å². The van der Waals surface area contributed by atoms with Crippen LogP contribution in [0.5, 0.6) is 5.75 Å². The third kappa shape index (κ3) is 7.49. The minimum absolute atomic E-state index is 0.0409. The van der Waals surface area contributed by atoms with Crippen LogP contribution in [0, 0.1) is 5.82 Å². The van der Waals surface area contributed by atoms with E-state index in [0.29, 0.717) is 25.9 Å². The summed E-state index contributed by atoms with van der Waals surface area (Å²) >= 11 is 5.59. The van der Waals surface area contributed by atoms with E-state index in [0.717, 1.165) is 6.07 Å². The van der Waals surface area contributed by atoms with Crippen LogP contribution in [0.15, 0.2) is 18.2 Å². The van der Waals surface area contributed by atoms with Crippen molar-refractivity contribution in [2.75, 3.05) is 26.3 Å². The molecule has 2 amide bonds. The molecule has 3 rings (SSSR count). The van der Waals surface area contributed by atoms with Crippen LogP contribution < -0.4 is 10.1 Å². The second kappa shape index (κ2) is 10.7. The van der Waals surface area contributed by atoms with Gasteiger partial charge in [0.15, 0.2) is 6.61 Å². The normalized spacial score (nSPS) is 21.7. The molecule has 1 saturated carbocycles. The molecule has 1 heterocycles. The van der Waals surface area contributed by atoms with E-state index in [2.05, 4.69) is 10.1 Å². The maximum Gasteiger partial charge on any atom is 0.522 e. The number of alkyl halides is 3. The fourth-order valence-electron chi connectivity index (χ4n) is 3.48. The molecule has 0 unspecified atom stereocenters. The third-order valence-electron chi connectivity index (χ3n) is 5.27. The average Bonchev–Trinajstić information content (AvgIpc) is 2.70. The third-order valence-corrected chi connectivity index (χ3v) is 5.57. The van der Waals surface area contributed by atoms with Crippen LogP contribution >= 0.6 is 11.6 Å². The predicted octanol–water partition coefficient (Wildman–Crippen LogP) is 3.05. The molecule has 1 aromatic rings. The Labute approximate surface area is 186 Å². The van der Waals surface area contributed by atoms with Crippen LogP contribution in [0.25, 0.3) is 0 Å². The summed E-state index contributed by atoms with van der Waals surface area (Å²) in [4.78, 5) is 25.9. The Kier molecular flexibility index (Phi) is 8.18. The number of rotatable bonds is 8. The quantitative estimate of drug-likeness (QED) is 0.576. The SMILES string of the molecule is O=C(COc1ccc(Cl)c(F)c1)NC1CCN(C(=O)CO[C@H]2C[C@H](OC(F)(F)F)C2)CC1. The summed E-state index contributed by atoms with van der Waals surface area (Å²) in [7, 11) is 0. The minimum Gasteiger partial charge on any atom is -0.484 e. The lowest BCUT2D eigenvalue weighted by molar-refractivity contribution is -0.357. The number of nitrogens with zero attached hydrogens (tertiary/aromatic N) is 1. The highest BCUT2D eigenvalue weighted by Crippen LogP contribution is 2.32. The van der Waals surface area contributed by atoms with E-state index in [1.54, 1.807) is 4.90 Å². The molecular weight excluding hydrogens is 460 g/mol. The Balaban J connectivity index is 1.28. The average molecular weight is 483 g/mol. The number of carbonyl (C=O) groups excluding carboxylic acids is 2. The molecule has 1 aliphatic carbocycles. The number of likely N-dealkylation sites (tertiary alicyclic amines) is 1. The van der Waals surface area contributed by atoms with Crippen molar-refractivity contribution in [3.63, 3.8) is 0 Å². The highest BCUT2D eigenvalue weighted by atomic mass is 35.5. The molecule has 2 aliphatic rings. The Hall–Kier alpha value is -2.11. The summed E-state index contributed by atoms with van der Waals surface area (Å²) < 4.78 is 64.1. The van der Waals surface area contributed by atoms with E-state index in [1.165, 1.54) is 12.1 Å². The fraction of sp³-hybridized carbons (Fsp3) is 0.600. The van der Waals surface area contributed by atoms with Crippen molar-refractivity contribution in [2.24, 2.45) is 0 Å². The van der Waals surface area contributed by atoms with Gasteiger partial charge < -0.3 is 19.7 Å². The molecule has 1 aliphatic heterocycles. The first-order valence-corrected chi connectivity index (χ1v) is 10.5. The van der Waals surface area contributed by atoms with Gasteiger partial charge in [0.05, 0.1) is 17.2 Å². The van der Waals surface area contributed by atoms with Gasteiger partial charge in [-0.2, -0.15) is 0 Å². The zero-order valence-corrected chi connectivity index (χ0v) is 17.8. The largest absolute Gasteiger partial charge is 0.522 e. The van der Waals surface area contributed by atoms with E-state index in [-0.39, 0.29) is 54.7 Å². The second-order valence-electron chi connectivity index (χ2n) is 7.68. The number of piperidine rings is 1. The summed E-state index contributed by atoms with van der Waals surface area (Å²) in [6.07, 6.45) is -4.72. The molecule has 178 valence electrons. The van der Waals surface area contributed by atoms with Gasteiger partial charge in [-0.3, -0.25) is 14.3 Å². The molecule has 32 heavy (non-hydrogen) atoms. The smallest absolute Gasteiger partial charge is 0.484 e. The second-order valence-corrected chi connectivity index (χ2v) is 8.08. The Bertz CT molecular complexity index is 812. The number of benzene rings is 1. The summed E-state index contributed by atoms with van der Waals surface area (Å²) in [6.45, 7) is 0.349. The fourth-order valence-corrected chi connectivity index (χ4v) is 3.59. The lowest BCUT2D eigenvalue weighted by Crippen LogP contribution is -2.49. The predicted molar refractivity (Wildman–Crippen MR) is 105 cm³/mol. The number of carbonyl (C=O) groups is 2. The highest BCUT2D eigenvalue weighted by molar-refractivity contribution is 6.30. The maximum absolute atomic E-state index is 13.4. The number of halogens is 5. The zero-order valence-electron chi connectivity index (χ0n) is 17.0. The van der Waals surface area contributed by atoms with E-state index < -0.39 is 24.4 Å². The van der Waals surface area contributed by atoms with E-state index >= 15 is 0 Å². The number of ether oxygens (including phenoxy) is 3. The molecule has 12 heteroatoms. The molecule has 0 atom stereocenters. The van der Waals surface area contributed by atoms with Crippen LogP contribution in [0.2, 0.25) is 5.02 Å². The van der Waals surface area contributed by atoms with Gasteiger partial charge in [0.1, 0.15) is 18.2 Å². The first-order valence-electron chi connectivity index (χ1n) is 10.1. The molecule has 0 spiro atoms. The maximum atomic E-state index is 13.4. The number of hydrogen-bond acceptors (Lipinski definition) is 5. The summed E-state index contributed by atoms with van der Waals surface area (Å²) in [6, 6.07) is 3.75. The van der Waals surface area contributed by atoms with Crippen molar-refractivity contribution in [3.05, 3.63) is 29.0 Å². The number of hydrogen-bond donors (Lipinski definition) is 1. The van der Waals surface area contributed by atoms with Gasteiger partial charge in [0.25, 0.3) is 5.91 Å². The van der Waals surface area contributed by atoms with E-state index in [9.17, 15) is 27.2 Å². The van der Waals surface area contributed by atoms with Gasteiger partial charge in [-0.05, 0) is 25.0 Å². The zero-order chi connectivity index (χ0) is 23.3. The number of amides is 2. The lowest BCUT2D eigenvalue weighted by Gasteiger charge is -2.36. The standard InChI is InChI=1S/C20H23ClF4N2O5/c21-16-2-1-13(9-17(16)22)30-10-18(28)26-12-3-5-27(6-4-12)19(29)11-31-14-7-15(8-14)32-20(23,24)25/h1-2,9,12,14-15H,3-8,10-11H2,(H,26,28)/t14-,15-. The van der Waals surface area contributed by atoms with Crippen molar-refractivity contribution in [1.29, 1.82) is 0 Å². The van der Waals surface area contributed by atoms with Crippen LogP contribution in [-0.2, 0) is 19.1 Å². The summed E-state index contributed by atoms with van der Waals surface area (Å²) in [5, 5.41) is 2.77. The van der Waals surface area contributed by atoms with Crippen LogP contribution in [0.4, 0.5) is 17.6 Å². The number of nitrogens with one attached hydrogen (secondary N) is 1. The molecule has 2 fully saturated rings. The molecule has 1 N–H and O–H groups in total. The van der Waals surface area contributed by atoms with Gasteiger partial charge in [-0.1, -0.05) is 11.6 Å². The van der Waals surface area contributed by atoms with Crippen molar-refractivity contribution < 1.29 is 41.4 Å². The van der Waals surface area contributed by atoms with Crippen LogP contribution in [0.3, 0.4) is 0 Å². The van der Waals surface area contributed by atoms with Crippen LogP contribution in [-0.4, -0.2) is 67.6 Å². The monoisotopic (exact) mass is 482 g/mol. The van der Waals surface area contributed by atoms with E-state index in [4.69, 9.17) is 21.1 Å². The van der Waals surface area contributed by atoms with Crippen molar-refractivity contribution >= 4 is 23.4 Å². The van der Waals surface area contributed by atoms with Gasteiger partial charge in [-0.15, -0.1) is 13.2 Å². The molecule has 0 aromatic heterocycles. The Morgan fingerprint density at radius 2 is 1.81 bits per heavy atom. The van der Waals surface area contributed by atoms with Crippen molar-refractivity contribution in [1.82, 2.24) is 10.2 Å². The van der Waals surface area contributed by atoms with Crippen LogP contribution in [0.1, 0.15) is 25.7 Å². The van der Waals surface area contributed by atoms with Gasteiger partial charge in [-0.25, -0.2) is 4.39 Å². The first-order chi connectivity index (χ1) is 15.1. The Morgan fingerprint density at radius 1 is 1.12 bits per heavy atom. The van der Waals surface area contributed by atoms with Crippen molar-refractivity contribution in [2.45, 2.75) is 50.3 Å². The van der Waals surface area contributed by atoms with Gasteiger partial charge in [0.2, 0.25) is 5.91 Å². The lowest BCUT2D eigenvalue weighted by atomic mass is 9.92. The van der Waals surface area contributed by atoms with Gasteiger partial charge in [0, 0.05) is 38.0 Å². The molecule has 7 nitrogen and oxygen atoms in total. The highest BCUT2D eigenvalue weighted by Gasteiger charge is 2.41. The molecule has 0 bridgehead atoms. The Morgan fingerprint density at radius 3 is 2.44 bits per heavy atom. The summed E-state index contributed by atoms with van der Waals surface area (Å²) in [5.74, 6) is -1.07. The van der Waals surface area contributed by atoms with E-state index in [1.807, 2.05) is 0 Å². The summed E-state index contributed by atoms with van der Waals surface area (Å²) in [5.41, 5.74) is 0. The minimum atomic E-state index is -4.66. The molecule has 1 saturated heterocycles. The topological polar surface area (TPSA) is 77.1 Å². The molecular formula is C20H23ClF4N2O5. The molecule has 0 radical (unpaired) electrons.